The average molecular weight is 279 g/mol. The van der Waals surface area contributed by atoms with E-state index in [0.29, 0.717) is 5.88 Å². The van der Waals surface area contributed by atoms with Crippen molar-refractivity contribution in [1.29, 1.82) is 0 Å². The zero-order valence-electron chi connectivity index (χ0n) is 8.61. The monoisotopic (exact) mass is 278 g/mol. The van der Waals surface area contributed by atoms with E-state index in [1.165, 1.54) is 18.4 Å². The number of halogens is 1. The second-order valence-electron chi connectivity index (χ2n) is 4.13. The van der Waals surface area contributed by atoms with E-state index >= 15 is 0 Å². The fraction of sp³-hybridized carbons (Fsp3) is 0.250. The van der Waals surface area contributed by atoms with Gasteiger partial charge in [0.1, 0.15) is 5.69 Å². The van der Waals surface area contributed by atoms with Gasteiger partial charge in [-0.1, -0.05) is 33.2 Å². The second kappa shape index (κ2) is 3.63. The molecule has 0 atom stereocenters. The van der Waals surface area contributed by atoms with Gasteiger partial charge in [-0.2, -0.15) is 0 Å². The minimum absolute atomic E-state index is 0.345. The van der Waals surface area contributed by atoms with Gasteiger partial charge in [-0.15, -0.1) is 0 Å². The Hall–Kier alpha value is -1.29. The zero-order valence-corrected chi connectivity index (χ0v) is 10.2. The quantitative estimate of drug-likeness (QED) is 0.914. The lowest BCUT2D eigenvalue weighted by Gasteiger charge is -2.03. The molecule has 0 saturated heterocycles. The lowest BCUT2D eigenvalue weighted by molar-refractivity contribution is 0.439. The smallest absolute Gasteiger partial charge is 0.222 e. The molecular weight excluding hydrogens is 268 g/mol. The molecule has 0 amide bonds. The molecule has 1 fully saturated rings. The predicted molar refractivity (Wildman–Crippen MR) is 66.0 cm³/mol. The molecule has 1 heterocycles. The summed E-state index contributed by atoms with van der Waals surface area (Å²) in [5.74, 6) is 1.09. The van der Waals surface area contributed by atoms with Crippen LogP contribution in [-0.2, 0) is 0 Å². The molecule has 0 unspecified atom stereocenters. The molecule has 3 rings (SSSR count). The molecule has 2 aromatic rings. The Morgan fingerprint density at radius 1 is 1.31 bits per heavy atom. The highest BCUT2D eigenvalue weighted by Gasteiger charge is 2.25. The van der Waals surface area contributed by atoms with Crippen molar-refractivity contribution in [2.75, 3.05) is 5.73 Å². The van der Waals surface area contributed by atoms with Gasteiger partial charge in [-0.05, 0) is 30.4 Å². The molecule has 16 heavy (non-hydrogen) atoms. The number of aromatic nitrogens is 1. The van der Waals surface area contributed by atoms with Gasteiger partial charge in [0.2, 0.25) is 5.88 Å². The molecule has 1 aromatic carbocycles. The average Bonchev–Trinajstić information content (AvgIpc) is 3.01. The number of nitrogens with zero attached hydrogens (tertiary/aromatic N) is 1. The third kappa shape index (κ3) is 1.73. The minimum Gasteiger partial charge on any atom is -0.368 e. The van der Waals surface area contributed by atoms with E-state index in [0.717, 1.165) is 21.6 Å². The largest absolute Gasteiger partial charge is 0.368 e. The fourth-order valence-electron chi connectivity index (χ4n) is 1.84. The van der Waals surface area contributed by atoms with Crippen LogP contribution in [0.2, 0.25) is 0 Å². The Labute approximate surface area is 102 Å². The first-order valence-corrected chi connectivity index (χ1v) is 6.05. The summed E-state index contributed by atoms with van der Waals surface area (Å²) < 4.78 is 6.01. The van der Waals surface area contributed by atoms with Gasteiger partial charge in [0, 0.05) is 16.1 Å². The number of nitrogens with two attached hydrogens (primary N) is 1. The molecule has 4 heteroatoms. The van der Waals surface area contributed by atoms with Crippen LogP contribution in [0.15, 0.2) is 33.3 Å². The molecule has 0 spiro atoms. The zero-order chi connectivity index (χ0) is 11.1. The molecule has 0 radical (unpaired) electrons. The second-order valence-corrected chi connectivity index (χ2v) is 4.98. The molecule has 1 aliphatic rings. The third-order valence-electron chi connectivity index (χ3n) is 2.84. The number of anilines is 1. The SMILES string of the molecule is Nc1cc(-c2ccc(C3CC3)c(Br)c2)no1. The molecule has 1 saturated carbocycles. The van der Waals surface area contributed by atoms with Gasteiger partial charge in [0.25, 0.3) is 0 Å². The van der Waals surface area contributed by atoms with Crippen molar-refractivity contribution in [3.05, 3.63) is 34.3 Å². The van der Waals surface area contributed by atoms with E-state index in [1.54, 1.807) is 6.07 Å². The van der Waals surface area contributed by atoms with E-state index in [2.05, 4.69) is 39.3 Å². The van der Waals surface area contributed by atoms with Gasteiger partial charge in [0.05, 0.1) is 0 Å². The van der Waals surface area contributed by atoms with Crippen LogP contribution < -0.4 is 5.73 Å². The van der Waals surface area contributed by atoms with Gasteiger partial charge < -0.3 is 10.3 Å². The van der Waals surface area contributed by atoms with Crippen LogP contribution in [0.3, 0.4) is 0 Å². The molecule has 2 N–H and O–H groups in total. The summed E-state index contributed by atoms with van der Waals surface area (Å²) in [5.41, 5.74) is 8.69. The van der Waals surface area contributed by atoms with E-state index in [9.17, 15) is 0 Å². The van der Waals surface area contributed by atoms with E-state index in [4.69, 9.17) is 10.3 Å². The van der Waals surface area contributed by atoms with Crippen molar-refractivity contribution in [3.8, 4) is 11.3 Å². The van der Waals surface area contributed by atoms with Crippen molar-refractivity contribution in [2.45, 2.75) is 18.8 Å². The first-order valence-electron chi connectivity index (χ1n) is 5.26. The van der Waals surface area contributed by atoms with Crippen LogP contribution in [0.1, 0.15) is 24.3 Å². The van der Waals surface area contributed by atoms with Crippen molar-refractivity contribution < 1.29 is 4.52 Å². The number of nitrogen functional groups attached to an aromatic ring is 1. The van der Waals surface area contributed by atoms with Crippen molar-refractivity contribution in [3.63, 3.8) is 0 Å². The number of rotatable bonds is 2. The summed E-state index contributed by atoms with van der Waals surface area (Å²) in [6.45, 7) is 0. The topological polar surface area (TPSA) is 52.0 Å². The molecule has 0 aliphatic heterocycles. The number of hydrogen-bond acceptors (Lipinski definition) is 3. The first-order chi connectivity index (χ1) is 7.74. The summed E-state index contributed by atoms with van der Waals surface area (Å²) >= 11 is 3.60. The van der Waals surface area contributed by atoms with E-state index in [1.807, 2.05) is 0 Å². The maximum absolute atomic E-state index is 5.50. The van der Waals surface area contributed by atoms with Gasteiger partial charge in [-0.25, -0.2) is 0 Å². The fourth-order valence-corrected chi connectivity index (χ4v) is 2.54. The van der Waals surface area contributed by atoms with Crippen LogP contribution in [0.4, 0.5) is 5.88 Å². The number of hydrogen-bond donors (Lipinski definition) is 1. The lowest BCUT2D eigenvalue weighted by Crippen LogP contribution is -1.84. The predicted octanol–water partition coefficient (Wildman–Crippen LogP) is 3.56. The molecule has 3 nitrogen and oxygen atoms in total. The highest BCUT2D eigenvalue weighted by Crippen LogP contribution is 2.44. The maximum Gasteiger partial charge on any atom is 0.222 e. The Morgan fingerprint density at radius 2 is 2.12 bits per heavy atom. The normalized spacial score (nSPS) is 15.3. The molecule has 82 valence electrons. The summed E-state index contributed by atoms with van der Waals surface area (Å²) in [7, 11) is 0. The van der Waals surface area contributed by atoms with Crippen LogP contribution in [0.5, 0.6) is 0 Å². The molecule has 1 aliphatic carbocycles. The highest BCUT2D eigenvalue weighted by atomic mass is 79.9. The van der Waals surface area contributed by atoms with Gasteiger partial charge >= 0.3 is 0 Å². The third-order valence-corrected chi connectivity index (χ3v) is 3.53. The molecule has 1 aromatic heterocycles. The summed E-state index contributed by atoms with van der Waals surface area (Å²) in [6, 6.07) is 8.03. The van der Waals surface area contributed by atoms with Crippen molar-refractivity contribution in [1.82, 2.24) is 5.16 Å². The highest BCUT2D eigenvalue weighted by molar-refractivity contribution is 9.10. The number of benzene rings is 1. The van der Waals surface area contributed by atoms with Gasteiger partial charge in [-0.3, -0.25) is 0 Å². The van der Waals surface area contributed by atoms with Crippen molar-refractivity contribution >= 4 is 21.8 Å². The maximum atomic E-state index is 5.50. The first kappa shape index (κ1) is 9.90. The Morgan fingerprint density at radius 3 is 2.69 bits per heavy atom. The lowest BCUT2D eigenvalue weighted by atomic mass is 10.1. The van der Waals surface area contributed by atoms with Crippen LogP contribution in [0.25, 0.3) is 11.3 Å². The van der Waals surface area contributed by atoms with Gasteiger partial charge in [0.15, 0.2) is 0 Å². The molecular formula is C12H11BrN2O. The van der Waals surface area contributed by atoms with E-state index < -0.39 is 0 Å². The summed E-state index contributed by atoms with van der Waals surface area (Å²) in [6.07, 6.45) is 2.60. The standard InChI is InChI=1S/C12H11BrN2O/c13-10-5-8(11-6-12(14)16-15-11)3-4-9(10)7-1-2-7/h3-7H,1-2,14H2. The van der Waals surface area contributed by atoms with E-state index in [-0.39, 0.29) is 0 Å². The van der Waals surface area contributed by atoms with Crippen LogP contribution in [-0.4, -0.2) is 5.16 Å². The minimum atomic E-state index is 0.345. The molecule has 0 bridgehead atoms. The Bertz CT molecular complexity index is 532. The van der Waals surface area contributed by atoms with Crippen molar-refractivity contribution in [2.24, 2.45) is 0 Å². The Balaban J connectivity index is 1.99. The van der Waals surface area contributed by atoms with Crippen LogP contribution in [0, 0.1) is 0 Å². The summed E-state index contributed by atoms with van der Waals surface area (Å²) in [4.78, 5) is 0. The summed E-state index contributed by atoms with van der Waals surface area (Å²) in [5, 5.41) is 3.90. The Kier molecular flexibility index (Phi) is 2.24. The van der Waals surface area contributed by atoms with Crippen LogP contribution >= 0.6 is 15.9 Å².